The molecule has 0 bridgehead atoms. The Labute approximate surface area is 117 Å². The van der Waals surface area contributed by atoms with Crippen LogP contribution in [0.2, 0.25) is 0 Å². The van der Waals surface area contributed by atoms with Gasteiger partial charge in [-0.15, -0.1) is 0 Å². The summed E-state index contributed by atoms with van der Waals surface area (Å²) in [4.78, 5) is 4.91. The lowest BCUT2D eigenvalue weighted by Gasteiger charge is -2.37. The van der Waals surface area contributed by atoms with Crippen molar-refractivity contribution in [2.24, 2.45) is 0 Å². The molecule has 0 amide bonds. The third kappa shape index (κ3) is 3.28. The van der Waals surface area contributed by atoms with Crippen LogP contribution in [0.1, 0.15) is 31.4 Å². The molecule has 106 valence electrons. The zero-order valence-electron chi connectivity index (χ0n) is 12.7. The molecule has 1 aromatic carbocycles. The number of hydrogen-bond acceptors (Lipinski definition) is 3. The van der Waals surface area contributed by atoms with Crippen LogP contribution in [0, 0.1) is 0 Å². The Bertz CT molecular complexity index is 395. The minimum absolute atomic E-state index is 0.405. The van der Waals surface area contributed by atoms with Crippen LogP contribution in [-0.2, 0) is 0 Å². The van der Waals surface area contributed by atoms with Crippen molar-refractivity contribution in [1.29, 1.82) is 0 Å². The van der Waals surface area contributed by atoms with Gasteiger partial charge in [0.2, 0.25) is 0 Å². The summed E-state index contributed by atoms with van der Waals surface area (Å²) in [5.74, 6) is 0. The number of nitrogens with zero attached hydrogens (tertiary/aromatic N) is 2. The van der Waals surface area contributed by atoms with Gasteiger partial charge in [-0.3, -0.25) is 0 Å². The number of hydrogen-bond donors (Lipinski definition) is 1. The lowest BCUT2D eigenvalue weighted by Crippen LogP contribution is -2.42. The summed E-state index contributed by atoms with van der Waals surface area (Å²) < 4.78 is 0. The molecule has 1 aliphatic rings. The van der Waals surface area contributed by atoms with E-state index in [1.165, 1.54) is 24.1 Å². The fourth-order valence-corrected chi connectivity index (χ4v) is 2.92. The van der Waals surface area contributed by atoms with Gasteiger partial charge in [0, 0.05) is 30.9 Å². The molecule has 1 aromatic rings. The monoisotopic (exact) mass is 261 g/mol. The van der Waals surface area contributed by atoms with Crippen molar-refractivity contribution in [3.63, 3.8) is 0 Å². The second-order valence-electron chi connectivity index (χ2n) is 5.75. The standard InChI is InChI=1S/C16H27N3/c1-13(17-2)15-7-5-6-8-16(15)19-11-9-14(10-12-19)18(3)4/h5-8,13-14,17H,9-12H2,1-4H3. The van der Waals surface area contributed by atoms with Crippen LogP contribution < -0.4 is 10.2 Å². The van der Waals surface area contributed by atoms with Crippen LogP contribution in [0.5, 0.6) is 0 Å². The first kappa shape index (κ1) is 14.4. The normalized spacial score (nSPS) is 18.9. The van der Waals surface area contributed by atoms with E-state index >= 15 is 0 Å². The van der Waals surface area contributed by atoms with Crippen LogP contribution in [-0.4, -0.2) is 45.2 Å². The highest BCUT2D eigenvalue weighted by Crippen LogP contribution is 2.29. The van der Waals surface area contributed by atoms with Gasteiger partial charge in [-0.1, -0.05) is 18.2 Å². The summed E-state index contributed by atoms with van der Waals surface area (Å²) in [6.45, 7) is 4.55. The second-order valence-corrected chi connectivity index (χ2v) is 5.75. The molecule has 3 nitrogen and oxygen atoms in total. The van der Waals surface area contributed by atoms with Gasteiger partial charge in [0.1, 0.15) is 0 Å². The van der Waals surface area contributed by atoms with Crippen molar-refractivity contribution in [3.8, 4) is 0 Å². The Kier molecular flexibility index (Phi) is 4.83. The molecule has 3 heteroatoms. The van der Waals surface area contributed by atoms with Gasteiger partial charge in [0.25, 0.3) is 0 Å². The van der Waals surface area contributed by atoms with Crippen molar-refractivity contribution in [1.82, 2.24) is 10.2 Å². The molecule has 19 heavy (non-hydrogen) atoms. The van der Waals surface area contributed by atoms with Crippen molar-refractivity contribution < 1.29 is 0 Å². The molecule has 1 saturated heterocycles. The molecule has 1 N–H and O–H groups in total. The number of nitrogens with one attached hydrogen (secondary N) is 1. The van der Waals surface area contributed by atoms with E-state index in [2.05, 4.69) is 60.4 Å². The highest BCUT2D eigenvalue weighted by molar-refractivity contribution is 5.55. The fraction of sp³-hybridized carbons (Fsp3) is 0.625. The van der Waals surface area contributed by atoms with Crippen molar-refractivity contribution in [3.05, 3.63) is 29.8 Å². The average Bonchev–Trinajstić information content (AvgIpc) is 2.46. The Morgan fingerprint density at radius 3 is 2.42 bits per heavy atom. The number of piperidine rings is 1. The number of para-hydroxylation sites is 1. The third-order valence-corrected chi connectivity index (χ3v) is 4.37. The van der Waals surface area contributed by atoms with Gasteiger partial charge in [-0.05, 0) is 52.5 Å². The van der Waals surface area contributed by atoms with E-state index in [9.17, 15) is 0 Å². The summed E-state index contributed by atoms with van der Waals surface area (Å²) in [7, 11) is 6.41. The molecule has 1 heterocycles. The van der Waals surface area contributed by atoms with Gasteiger partial charge in [0.05, 0.1) is 0 Å². The minimum atomic E-state index is 0.405. The highest BCUT2D eigenvalue weighted by Gasteiger charge is 2.22. The summed E-state index contributed by atoms with van der Waals surface area (Å²) in [6, 6.07) is 9.94. The van der Waals surface area contributed by atoms with Gasteiger partial charge >= 0.3 is 0 Å². The van der Waals surface area contributed by atoms with Crippen LogP contribution in [0.25, 0.3) is 0 Å². The maximum atomic E-state index is 3.35. The summed E-state index contributed by atoms with van der Waals surface area (Å²) >= 11 is 0. The number of benzene rings is 1. The van der Waals surface area contributed by atoms with Crippen molar-refractivity contribution in [2.75, 3.05) is 39.1 Å². The Hall–Kier alpha value is -1.06. The van der Waals surface area contributed by atoms with E-state index < -0.39 is 0 Å². The van der Waals surface area contributed by atoms with E-state index in [1.54, 1.807) is 0 Å². The molecule has 1 unspecified atom stereocenters. The summed E-state index contributed by atoms with van der Waals surface area (Å²) in [5, 5.41) is 3.35. The predicted octanol–water partition coefficient (Wildman–Crippen LogP) is 2.50. The zero-order chi connectivity index (χ0) is 13.8. The first-order valence-corrected chi connectivity index (χ1v) is 7.31. The van der Waals surface area contributed by atoms with Crippen LogP contribution in [0.15, 0.2) is 24.3 Å². The Morgan fingerprint density at radius 1 is 1.21 bits per heavy atom. The smallest absolute Gasteiger partial charge is 0.0414 e. The van der Waals surface area contributed by atoms with E-state index in [4.69, 9.17) is 0 Å². The average molecular weight is 261 g/mol. The molecule has 0 spiro atoms. The highest BCUT2D eigenvalue weighted by atomic mass is 15.2. The van der Waals surface area contributed by atoms with Gasteiger partial charge < -0.3 is 15.1 Å². The molecule has 1 aliphatic heterocycles. The second kappa shape index (κ2) is 6.40. The summed E-state index contributed by atoms with van der Waals surface area (Å²) in [6.07, 6.45) is 2.52. The molecule has 1 fully saturated rings. The third-order valence-electron chi connectivity index (χ3n) is 4.37. The molecule has 0 aliphatic carbocycles. The topological polar surface area (TPSA) is 18.5 Å². The molecule has 1 atom stereocenters. The van der Waals surface area contributed by atoms with Crippen LogP contribution in [0.3, 0.4) is 0 Å². The maximum Gasteiger partial charge on any atom is 0.0414 e. The lowest BCUT2D eigenvalue weighted by molar-refractivity contribution is 0.249. The molecule has 0 radical (unpaired) electrons. The van der Waals surface area contributed by atoms with Crippen LogP contribution in [0.4, 0.5) is 5.69 Å². The molecule has 0 saturated carbocycles. The minimum Gasteiger partial charge on any atom is -0.371 e. The fourth-order valence-electron chi connectivity index (χ4n) is 2.92. The first-order valence-electron chi connectivity index (χ1n) is 7.31. The van der Waals surface area contributed by atoms with Gasteiger partial charge in [-0.25, -0.2) is 0 Å². The Balaban J connectivity index is 2.11. The van der Waals surface area contributed by atoms with E-state index in [1.807, 2.05) is 7.05 Å². The molecular weight excluding hydrogens is 234 g/mol. The number of anilines is 1. The van der Waals surface area contributed by atoms with Gasteiger partial charge in [0.15, 0.2) is 0 Å². The molecule has 2 rings (SSSR count). The predicted molar refractivity (Wildman–Crippen MR) is 82.8 cm³/mol. The van der Waals surface area contributed by atoms with Crippen molar-refractivity contribution >= 4 is 5.69 Å². The van der Waals surface area contributed by atoms with Crippen LogP contribution >= 0.6 is 0 Å². The maximum absolute atomic E-state index is 3.35. The largest absolute Gasteiger partial charge is 0.371 e. The molecule has 0 aromatic heterocycles. The Morgan fingerprint density at radius 2 is 1.84 bits per heavy atom. The summed E-state index contributed by atoms with van der Waals surface area (Å²) in [5.41, 5.74) is 2.81. The number of rotatable bonds is 4. The zero-order valence-corrected chi connectivity index (χ0v) is 12.7. The SMILES string of the molecule is CNC(C)c1ccccc1N1CCC(N(C)C)CC1. The molecular formula is C16H27N3. The first-order chi connectivity index (χ1) is 9.13. The van der Waals surface area contributed by atoms with Crippen molar-refractivity contribution in [2.45, 2.75) is 31.8 Å². The van der Waals surface area contributed by atoms with E-state index in [0.29, 0.717) is 6.04 Å². The van der Waals surface area contributed by atoms with E-state index in [-0.39, 0.29) is 0 Å². The quantitative estimate of drug-likeness (QED) is 0.898. The lowest BCUT2D eigenvalue weighted by atomic mass is 10.00. The van der Waals surface area contributed by atoms with E-state index in [0.717, 1.165) is 19.1 Å². The van der Waals surface area contributed by atoms with Gasteiger partial charge in [-0.2, -0.15) is 0 Å².